The van der Waals surface area contributed by atoms with E-state index in [9.17, 15) is 0 Å². The first-order valence-corrected chi connectivity index (χ1v) is 6.96. The van der Waals surface area contributed by atoms with Crippen LogP contribution in [0.4, 0.5) is 0 Å². The summed E-state index contributed by atoms with van der Waals surface area (Å²) in [7, 11) is 0. The van der Waals surface area contributed by atoms with Crippen LogP contribution in [0, 0.1) is 0 Å². The second-order valence-corrected chi connectivity index (χ2v) is 4.30. The van der Waals surface area contributed by atoms with E-state index in [0.29, 0.717) is 0 Å². The van der Waals surface area contributed by atoms with Crippen LogP contribution in [-0.2, 0) is 20.8 Å². The maximum atomic E-state index is 8.70. The third-order valence-electron chi connectivity index (χ3n) is 1.48. The zero-order chi connectivity index (χ0) is 11.2. The van der Waals surface area contributed by atoms with Crippen LogP contribution >= 0.6 is 0 Å². The Hall–Kier alpha value is -0.751. The van der Waals surface area contributed by atoms with Gasteiger partial charge in [0.2, 0.25) is 6.33 Å². The van der Waals surface area contributed by atoms with Gasteiger partial charge in [0.15, 0.2) is 0 Å². The minimum absolute atomic E-state index is 1.06. The van der Waals surface area contributed by atoms with E-state index < -0.39 is 13.4 Å². The molecule has 0 unspecified atom stereocenters. The molecule has 0 spiro atoms. The fraction of sp³-hybridized carbons (Fsp3) is 0.571. The van der Waals surface area contributed by atoms with Gasteiger partial charge in [0, 0.05) is 0 Å². The summed E-state index contributed by atoms with van der Waals surface area (Å²) in [5.41, 5.74) is 0. The summed E-state index contributed by atoms with van der Waals surface area (Å²) in [6.07, 6.45) is 6.28. The minimum atomic E-state index is -5.50. The number of imidazole rings is 1. The van der Waals surface area contributed by atoms with E-state index in [1.54, 1.807) is 0 Å². The Morgan fingerprint density at radius 1 is 1.50 bits per heavy atom. The maximum absolute atomic E-state index is 8.70. The first-order chi connectivity index (χ1) is 6.36. The molecule has 1 aromatic rings. The van der Waals surface area contributed by atoms with Crippen LogP contribution < -0.4 is 8.76 Å². The predicted octanol–water partition coefficient (Wildman–Crippen LogP) is -1.55. The van der Waals surface area contributed by atoms with Gasteiger partial charge in [0.25, 0.3) is 0 Å². The van der Waals surface area contributed by atoms with Crippen molar-refractivity contribution >= 4 is 13.4 Å². The van der Waals surface area contributed by atoms with Crippen LogP contribution in [0.5, 0.6) is 0 Å². The van der Waals surface area contributed by atoms with Gasteiger partial charge in [-0.15, -0.1) is 0 Å². The van der Waals surface area contributed by atoms with Crippen LogP contribution in [-0.4, -0.2) is 22.1 Å². The molecule has 14 heavy (non-hydrogen) atoms. The summed E-state index contributed by atoms with van der Waals surface area (Å²) in [6.45, 7) is 6.40. The molecule has 0 saturated carbocycles. The van der Waals surface area contributed by atoms with Crippen LogP contribution in [0.1, 0.15) is 13.8 Å². The van der Waals surface area contributed by atoms with Gasteiger partial charge in [-0.05, 0) is 13.8 Å². The van der Waals surface area contributed by atoms with Gasteiger partial charge in [-0.2, -0.15) is 0 Å². The number of aromatic nitrogens is 2. The van der Waals surface area contributed by atoms with E-state index in [0.717, 1.165) is 13.1 Å². The van der Waals surface area contributed by atoms with Crippen molar-refractivity contribution in [3.63, 3.8) is 0 Å². The number of nitrogens with zero attached hydrogens (tertiary/aromatic N) is 2. The monoisotopic (exact) mass is 270 g/mol. The Morgan fingerprint density at radius 3 is 2.21 bits per heavy atom. The van der Waals surface area contributed by atoms with Crippen molar-refractivity contribution in [2.45, 2.75) is 26.9 Å². The molecule has 1 rings (SSSR count). The average molecular weight is 269 g/mol. The van der Waals surface area contributed by atoms with E-state index in [4.69, 9.17) is 16.0 Å². The first kappa shape index (κ1) is 13.2. The molecule has 0 saturated heterocycles. The number of aryl methyl sites for hydroxylation is 2. The molecule has 1 heterocycles. The molecule has 0 atom stereocenters. The summed E-state index contributed by atoms with van der Waals surface area (Å²) in [4.78, 5) is 0. The number of rotatable bonds is 2. The van der Waals surface area contributed by atoms with Crippen molar-refractivity contribution in [3.05, 3.63) is 18.7 Å². The Bertz CT molecular complexity index is 331. The first-order valence-electron chi connectivity index (χ1n) is 4.10. The molecule has 0 aromatic carbocycles. The van der Waals surface area contributed by atoms with Crippen LogP contribution in [0.2, 0.25) is 0 Å². The molecule has 1 N–H and O–H groups in total. The average Bonchev–Trinajstić information content (AvgIpc) is 2.48. The zero-order valence-corrected chi connectivity index (χ0v) is 9.83. The fourth-order valence-corrected chi connectivity index (χ4v) is 0.813. The zero-order valence-electron chi connectivity index (χ0n) is 8.12. The van der Waals surface area contributed by atoms with E-state index in [-0.39, 0.29) is 0 Å². The van der Waals surface area contributed by atoms with Crippen molar-refractivity contribution < 1.29 is 20.6 Å². The summed E-state index contributed by atoms with van der Waals surface area (Å²) >= 11 is -5.50. The SMILES string of the molecule is CCn1cc[n+](CC)c1.O=[Se](=O)([O-])O. The molecule has 0 aliphatic heterocycles. The Balaban J connectivity index is 0.000000292. The fourth-order valence-electron chi connectivity index (χ4n) is 0.813. The molecule has 6 nitrogen and oxygen atoms in total. The standard InChI is InChI=1S/C7H13N2.H2O4Se/c1-3-8-5-6-9(4-2)7-8;1-5(2,3)4/h5-7H,3-4H2,1-2H3;(H2,1,2,3,4)/q+1;/p-1. The van der Waals surface area contributed by atoms with Crippen molar-refractivity contribution in [2.75, 3.05) is 0 Å². The number of hydrogen-bond donors (Lipinski definition) is 1. The van der Waals surface area contributed by atoms with Gasteiger partial charge in [-0.3, -0.25) is 0 Å². The predicted molar refractivity (Wildman–Crippen MR) is 45.3 cm³/mol. The molecule has 82 valence electrons. The normalized spacial score (nSPS) is 10.6. The number of hydrogen-bond acceptors (Lipinski definition) is 3. The van der Waals surface area contributed by atoms with Crippen molar-refractivity contribution in [3.8, 4) is 0 Å². The topological polar surface area (TPSA) is 86.2 Å². The van der Waals surface area contributed by atoms with Gasteiger partial charge in [-0.25, -0.2) is 9.13 Å². The Morgan fingerprint density at radius 2 is 2.00 bits per heavy atom. The van der Waals surface area contributed by atoms with Gasteiger partial charge >= 0.3 is 29.4 Å². The molecule has 7 heteroatoms. The molecule has 0 amide bonds. The molecule has 0 bridgehead atoms. The summed E-state index contributed by atoms with van der Waals surface area (Å²) in [5.74, 6) is 0. The molecular weight excluding hydrogens is 255 g/mol. The molecular formula is C7H14N2O4Se. The summed E-state index contributed by atoms with van der Waals surface area (Å²) in [5, 5.41) is 0. The van der Waals surface area contributed by atoms with E-state index in [1.807, 2.05) is 0 Å². The van der Waals surface area contributed by atoms with Crippen LogP contribution in [0.3, 0.4) is 0 Å². The summed E-state index contributed by atoms with van der Waals surface area (Å²) in [6, 6.07) is 0. The van der Waals surface area contributed by atoms with E-state index in [2.05, 4.69) is 41.7 Å². The quantitative estimate of drug-likeness (QED) is 0.520. The third-order valence-corrected chi connectivity index (χ3v) is 1.48. The molecule has 0 aliphatic carbocycles. The van der Waals surface area contributed by atoms with Gasteiger partial charge in [-0.1, -0.05) is 0 Å². The van der Waals surface area contributed by atoms with Crippen molar-refractivity contribution in [2.24, 2.45) is 0 Å². The third kappa shape index (κ3) is 7.88. The Labute approximate surface area is 84.7 Å². The molecule has 0 aliphatic rings. The Kier molecular flexibility index (Phi) is 5.56. The van der Waals surface area contributed by atoms with Gasteiger partial charge in [0.05, 0.1) is 13.1 Å². The van der Waals surface area contributed by atoms with Gasteiger partial charge < -0.3 is 0 Å². The second-order valence-electron chi connectivity index (χ2n) is 2.50. The van der Waals surface area contributed by atoms with Crippen molar-refractivity contribution in [1.82, 2.24) is 4.57 Å². The van der Waals surface area contributed by atoms with Crippen LogP contribution in [0.25, 0.3) is 0 Å². The van der Waals surface area contributed by atoms with E-state index in [1.165, 1.54) is 0 Å². The summed E-state index contributed by atoms with van der Waals surface area (Å²) < 4.78 is 37.4. The second kappa shape index (κ2) is 5.87. The van der Waals surface area contributed by atoms with Crippen LogP contribution in [0.15, 0.2) is 18.7 Å². The van der Waals surface area contributed by atoms with E-state index >= 15 is 0 Å². The van der Waals surface area contributed by atoms with Crippen molar-refractivity contribution in [1.29, 1.82) is 0 Å². The molecule has 0 fully saturated rings. The van der Waals surface area contributed by atoms with Gasteiger partial charge in [0.1, 0.15) is 12.4 Å². The molecule has 1 aromatic heterocycles. The molecule has 0 radical (unpaired) electrons.